The number of carbonyl (C=O) groups excluding carboxylic acids is 4. The molecule has 188 valence electrons. The van der Waals surface area contributed by atoms with Gasteiger partial charge in [0.1, 0.15) is 0 Å². The molecule has 0 radical (unpaired) electrons. The van der Waals surface area contributed by atoms with Crippen LogP contribution in [0.25, 0.3) is 0 Å². The molecule has 0 saturated carbocycles. The van der Waals surface area contributed by atoms with Gasteiger partial charge in [0, 0.05) is 32.2 Å². The number of ether oxygens (including phenoxy) is 2. The summed E-state index contributed by atoms with van der Waals surface area (Å²) in [5, 5.41) is 8.13. The van der Waals surface area contributed by atoms with Gasteiger partial charge < -0.3 is 20.5 Å². The van der Waals surface area contributed by atoms with E-state index in [0.29, 0.717) is 51.9 Å². The van der Waals surface area contributed by atoms with Gasteiger partial charge in [-0.05, 0) is 31.9 Å². The fourth-order valence-electron chi connectivity index (χ4n) is 2.50. The van der Waals surface area contributed by atoms with Crippen LogP contribution in [0.1, 0.15) is 47.0 Å². The van der Waals surface area contributed by atoms with Gasteiger partial charge in [-0.25, -0.2) is 4.79 Å². The van der Waals surface area contributed by atoms with Crippen LogP contribution in [0, 0.1) is 0 Å². The lowest BCUT2D eigenvalue weighted by Crippen LogP contribution is -2.45. The molecule has 10 nitrogen and oxygen atoms in total. The molecule has 1 rings (SSSR count). The number of primary amides is 1. The van der Waals surface area contributed by atoms with Crippen molar-refractivity contribution in [1.29, 1.82) is 0 Å². The molecule has 0 bridgehead atoms. The molecule has 0 spiro atoms. The molecule has 33 heavy (non-hydrogen) atoms. The molecule has 1 heterocycles. The Bertz CT molecular complexity index is 676. The Hall–Kier alpha value is -2.82. The number of imide groups is 1. The van der Waals surface area contributed by atoms with E-state index in [4.69, 9.17) is 15.2 Å². The second kappa shape index (κ2) is 21.0. The lowest BCUT2D eigenvalue weighted by molar-refractivity contribution is -0.131. The van der Waals surface area contributed by atoms with E-state index in [1.165, 1.54) is 18.2 Å². The molecule has 0 aromatic carbocycles. The Morgan fingerprint density at radius 2 is 1.61 bits per heavy atom. The number of allylic oxidation sites excluding steroid dienone is 5. The standard InChI is InChI=1S/C21H32N4O6.2CH4/c22-19(28)20-24-14-13-23-12-8-16-31-21(29)25-18(27)11-6-2-1-4-9-17(26)10-5-3-7-15-30-20;;/h1-2,4,6,9,11,20,23-24H,3,5,7-8,10,12-16H2,(H2,22,28)(H,25,27,29);2*1H4. The average molecular weight is 469 g/mol. The SMILES string of the molecule is C.C.NC(=O)C1NCCNCCCOC(=O)NC(=O)C=CC=CC=CC(=O)CCCCCO1. The van der Waals surface area contributed by atoms with Gasteiger partial charge in [0.2, 0.25) is 0 Å². The molecule has 1 atom stereocenters. The van der Waals surface area contributed by atoms with Crippen LogP contribution in [0.4, 0.5) is 4.79 Å². The maximum atomic E-state index is 11.8. The second-order valence-electron chi connectivity index (χ2n) is 6.72. The van der Waals surface area contributed by atoms with Gasteiger partial charge in [-0.15, -0.1) is 0 Å². The summed E-state index contributed by atoms with van der Waals surface area (Å²) in [4.78, 5) is 46.4. The lowest BCUT2D eigenvalue weighted by Gasteiger charge is -2.16. The molecule has 1 unspecified atom stereocenters. The molecular formula is C23H40N4O6. The Kier molecular flexibility index (Phi) is 20.6. The van der Waals surface area contributed by atoms with E-state index < -0.39 is 24.1 Å². The van der Waals surface area contributed by atoms with Crippen molar-refractivity contribution in [2.75, 3.05) is 32.8 Å². The Morgan fingerprint density at radius 3 is 2.33 bits per heavy atom. The number of ketones is 1. The third-order valence-electron chi connectivity index (χ3n) is 4.06. The van der Waals surface area contributed by atoms with Crippen LogP contribution < -0.4 is 21.7 Å². The van der Waals surface area contributed by atoms with E-state index in [0.717, 1.165) is 6.42 Å². The Labute approximate surface area is 197 Å². The number of nitrogens with two attached hydrogens (primary N) is 1. The van der Waals surface area contributed by atoms with Crippen LogP contribution in [0.5, 0.6) is 0 Å². The van der Waals surface area contributed by atoms with Crippen molar-refractivity contribution in [2.45, 2.75) is 53.2 Å². The zero-order valence-electron chi connectivity index (χ0n) is 17.6. The predicted octanol–water partition coefficient (Wildman–Crippen LogP) is 1.72. The quantitative estimate of drug-likeness (QED) is 0.454. The van der Waals surface area contributed by atoms with Gasteiger partial charge in [-0.1, -0.05) is 45.6 Å². The number of alkyl carbamates (subject to hydrolysis) is 1. The fraction of sp³-hybridized carbons (Fsp3) is 0.565. The van der Waals surface area contributed by atoms with Crippen molar-refractivity contribution < 1.29 is 28.7 Å². The third kappa shape index (κ3) is 18.5. The number of nitrogens with one attached hydrogen (secondary N) is 3. The lowest BCUT2D eigenvalue weighted by atomic mass is 10.1. The summed E-state index contributed by atoms with van der Waals surface area (Å²) >= 11 is 0. The van der Waals surface area contributed by atoms with Gasteiger partial charge in [0.25, 0.3) is 11.8 Å². The highest BCUT2D eigenvalue weighted by Gasteiger charge is 2.14. The van der Waals surface area contributed by atoms with Crippen molar-refractivity contribution >= 4 is 23.7 Å². The van der Waals surface area contributed by atoms with Crippen LogP contribution in [0.15, 0.2) is 36.5 Å². The van der Waals surface area contributed by atoms with Gasteiger partial charge in [0.15, 0.2) is 12.0 Å². The first-order valence-electron chi connectivity index (χ1n) is 10.4. The summed E-state index contributed by atoms with van der Waals surface area (Å²) in [6, 6.07) is 0. The molecule has 0 aromatic rings. The number of hydrogen-bond donors (Lipinski definition) is 4. The summed E-state index contributed by atoms with van der Waals surface area (Å²) in [6.45, 7) is 2.12. The first kappa shape index (κ1) is 32.4. The van der Waals surface area contributed by atoms with Crippen LogP contribution >= 0.6 is 0 Å². The molecule has 0 fully saturated rings. The molecule has 1 aliphatic rings. The van der Waals surface area contributed by atoms with Crippen LogP contribution in [0.3, 0.4) is 0 Å². The minimum Gasteiger partial charge on any atom is -0.449 e. The monoisotopic (exact) mass is 468 g/mol. The van der Waals surface area contributed by atoms with E-state index in [1.54, 1.807) is 18.2 Å². The molecule has 10 heteroatoms. The summed E-state index contributed by atoms with van der Waals surface area (Å²) in [7, 11) is 0. The molecule has 3 amide bonds. The van der Waals surface area contributed by atoms with Crippen LogP contribution in [0.2, 0.25) is 0 Å². The van der Waals surface area contributed by atoms with Gasteiger partial charge in [0.05, 0.1) is 6.61 Å². The van der Waals surface area contributed by atoms with Gasteiger partial charge >= 0.3 is 6.09 Å². The fourth-order valence-corrected chi connectivity index (χ4v) is 2.50. The van der Waals surface area contributed by atoms with Crippen molar-refractivity contribution in [3.8, 4) is 0 Å². The number of rotatable bonds is 1. The summed E-state index contributed by atoms with van der Waals surface area (Å²) in [5.41, 5.74) is 5.34. The number of hydrogen-bond acceptors (Lipinski definition) is 8. The predicted molar refractivity (Wildman–Crippen MR) is 128 cm³/mol. The van der Waals surface area contributed by atoms with E-state index in [9.17, 15) is 19.2 Å². The van der Waals surface area contributed by atoms with E-state index >= 15 is 0 Å². The van der Waals surface area contributed by atoms with E-state index in [1.807, 2.05) is 0 Å². The largest absolute Gasteiger partial charge is 0.449 e. The highest BCUT2D eigenvalue weighted by Crippen LogP contribution is 2.03. The number of amides is 3. The smallest absolute Gasteiger partial charge is 0.414 e. The zero-order chi connectivity index (χ0) is 22.7. The normalized spacial score (nSPS) is 20.7. The minimum absolute atomic E-state index is 0. The number of carbonyl (C=O) groups is 4. The van der Waals surface area contributed by atoms with Gasteiger partial charge in [-0.2, -0.15) is 0 Å². The van der Waals surface area contributed by atoms with Crippen molar-refractivity contribution in [1.82, 2.24) is 16.0 Å². The van der Waals surface area contributed by atoms with Crippen LogP contribution in [-0.4, -0.2) is 62.8 Å². The molecule has 0 saturated heterocycles. The molecule has 5 N–H and O–H groups in total. The molecule has 0 aromatic heterocycles. The Morgan fingerprint density at radius 1 is 0.879 bits per heavy atom. The highest BCUT2D eigenvalue weighted by molar-refractivity contribution is 5.98. The second-order valence-corrected chi connectivity index (χ2v) is 6.72. The maximum absolute atomic E-state index is 11.8. The summed E-state index contributed by atoms with van der Waals surface area (Å²) < 4.78 is 10.4. The molecular weight excluding hydrogens is 428 g/mol. The van der Waals surface area contributed by atoms with Crippen molar-refractivity contribution in [2.24, 2.45) is 5.73 Å². The minimum atomic E-state index is -0.870. The van der Waals surface area contributed by atoms with E-state index in [-0.39, 0.29) is 27.2 Å². The maximum Gasteiger partial charge on any atom is 0.414 e. The van der Waals surface area contributed by atoms with Crippen molar-refractivity contribution in [3.05, 3.63) is 36.5 Å². The zero-order valence-corrected chi connectivity index (χ0v) is 17.6. The molecule has 0 aliphatic carbocycles. The van der Waals surface area contributed by atoms with Gasteiger partial charge in [-0.3, -0.25) is 25.0 Å². The molecule has 1 aliphatic heterocycles. The first-order valence-corrected chi connectivity index (χ1v) is 10.4. The third-order valence-corrected chi connectivity index (χ3v) is 4.06. The number of cyclic esters (lactones) is 1. The summed E-state index contributed by atoms with van der Waals surface area (Å²) in [6.07, 6.45) is 10.4. The van der Waals surface area contributed by atoms with Crippen molar-refractivity contribution in [3.63, 3.8) is 0 Å². The van der Waals surface area contributed by atoms with Crippen LogP contribution in [-0.2, 0) is 23.9 Å². The Balaban J connectivity index is 0. The first-order chi connectivity index (χ1) is 15.0. The average Bonchev–Trinajstić information content (AvgIpc) is 2.72. The summed E-state index contributed by atoms with van der Waals surface area (Å²) in [5.74, 6) is -1.20. The van der Waals surface area contributed by atoms with E-state index in [2.05, 4.69) is 16.0 Å². The highest BCUT2D eigenvalue weighted by atomic mass is 16.5. The topological polar surface area (TPSA) is 149 Å².